The van der Waals surface area contributed by atoms with Crippen LogP contribution in [0.25, 0.3) is 10.4 Å². The predicted octanol–water partition coefficient (Wildman–Crippen LogP) is 4.26. The Morgan fingerprint density at radius 1 is 1.25 bits per heavy atom. The summed E-state index contributed by atoms with van der Waals surface area (Å²) in [5.74, 6) is 0. The number of hydrogen-bond donors (Lipinski definition) is 1. The Balaban J connectivity index is 0.00000128. The molecule has 0 aliphatic rings. The van der Waals surface area contributed by atoms with Crippen LogP contribution in [0.1, 0.15) is 10.4 Å². The first-order valence-electron chi connectivity index (χ1n) is 4.76. The van der Waals surface area contributed by atoms with Crippen molar-refractivity contribution in [3.63, 3.8) is 0 Å². The minimum atomic E-state index is 0. The van der Waals surface area contributed by atoms with Gasteiger partial charge in [0.2, 0.25) is 0 Å². The number of aryl methyl sites for hydroxylation is 1. The molecule has 2 N–H and O–H groups in total. The first-order chi connectivity index (χ1) is 7.20. The summed E-state index contributed by atoms with van der Waals surface area (Å²) in [7, 11) is 0. The van der Waals surface area contributed by atoms with Crippen LogP contribution in [0.4, 0.5) is 0 Å². The third-order valence-corrected chi connectivity index (χ3v) is 3.64. The summed E-state index contributed by atoms with van der Waals surface area (Å²) >= 11 is 7.91. The smallest absolute Gasteiger partial charge is 0.0492 e. The molecule has 0 saturated carbocycles. The van der Waals surface area contributed by atoms with Crippen molar-refractivity contribution < 1.29 is 0 Å². The minimum absolute atomic E-state index is 0. The van der Waals surface area contributed by atoms with E-state index < -0.39 is 0 Å². The molecular weight excluding hydrogens is 261 g/mol. The second kappa shape index (κ2) is 5.69. The summed E-state index contributed by atoms with van der Waals surface area (Å²) in [6.07, 6.45) is 0. The lowest BCUT2D eigenvalue weighted by molar-refractivity contribution is 1.07. The summed E-state index contributed by atoms with van der Waals surface area (Å²) in [6.45, 7) is 2.64. The lowest BCUT2D eigenvalue weighted by Gasteiger charge is -2.04. The zero-order valence-corrected chi connectivity index (χ0v) is 11.3. The van der Waals surface area contributed by atoms with Crippen LogP contribution in [0.5, 0.6) is 0 Å². The number of thiophene rings is 1. The average Bonchev–Trinajstić information content (AvgIpc) is 2.65. The molecule has 2 aromatic rings. The van der Waals surface area contributed by atoms with Crippen molar-refractivity contribution in [1.82, 2.24) is 0 Å². The van der Waals surface area contributed by atoms with Crippen LogP contribution in [0, 0.1) is 6.92 Å². The molecule has 1 aromatic carbocycles. The summed E-state index contributed by atoms with van der Waals surface area (Å²) in [6, 6.07) is 10.1. The van der Waals surface area contributed by atoms with Crippen molar-refractivity contribution in [3.8, 4) is 10.4 Å². The van der Waals surface area contributed by atoms with Crippen molar-refractivity contribution in [2.75, 3.05) is 0 Å². The molecular formula is C12H13Cl2NS. The fourth-order valence-electron chi connectivity index (χ4n) is 1.47. The second-order valence-corrected chi connectivity index (χ2v) is 5.12. The van der Waals surface area contributed by atoms with E-state index in [1.165, 1.54) is 9.75 Å². The van der Waals surface area contributed by atoms with Gasteiger partial charge in [0.25, 0.3) is 0 Å². The quantitative estimate of drug-likeness (QED) is 0.870. The van der Waals surface area contributed by atoms with Crippen LogP contribution in [-0.2, 0) is 6.54 Å². The molecule has 1 nitrogen and oxygen atoms in total. The zero-order chi connectivity index (χ0) is 10.8. The van der Waals surface area contributed by atoms with Crippen molar-refractivity contribution >= 4 is 35.3 Å². The lowest BCUT2D eigenvalue weighted by Crippen LogP contribution is -1.95. The van der Waals surface area contributed by atoms with E-state index in [0.717, 1.165) is 16.1 Å². The summed E-state index contributed by atoms with van der Waals surface area (Å²) < 4.78 is 0. The Bertz CT molecular complexity index is 480. The first-order valence-corrected chi connectivity index (χ1v) is 5.95. The van der Waals surface area contributed by atoms with Gasteiger partial charge in [-0.05, 0) is 36.8 Å². The number of benzene rings is 1. The lowest BCUT2D eigenvalue weighted by atomic mass is 10.1. The second-order valence-electron chi connectivity index (χ2n) is 3.43. The van der Waals surface area contributed by atoms with Gasteiger partial charge in [-0.2, -0.15) is 0 Å². The third kappa shape index (κ3) is 2.77. The van der Waals surface area contributed by atoms with Crippen LogP contribution in [0.3, 0.4) is 0 Å². The van der Waals surface area contributed by atoms with Crippen molar-refractivity contribution in [2.24, 2.45) is 5.73 Å². The van der Waals surface area contributed by atoms with Crippen LogP contribution >= 0.6 is 35.3 Å². The van der Waals surface area contributed by atoms with Gasteiger partial charge in [0, 0.05) is 26.9 Å². The SMILES string of the molecule is Cc1ccc(-c2cc(CN)ccc2Cl)s1.Cl. The summed E-state index contributed by atoms with van der Waals surface area (Å²) in [4.78, 5) is 2.49. The highest BCUT2D eigenvalue weighted by atomic mass is 35.5. The Hall–Kier alpha value is -0.540. The molecule has 0 unspecified atom stereocenters. The fraction of sp³-hybridized carbons (Fsp3) is 0.167. The molecule has 1 aromatic heterocycles. The molecule has 0 atom stereocenters. The number of nitrogens with two attached hydrogens (primary N) is 1. The summed E-state index contributed by atoms with van der Waals surface area (Å²) in [5.41, 5.74) is 7.81. The predicted molar refractivity (Wildman–Crippen MR) is 74.6 cm³/mol. The van der Waals surface area contributed by atoms with Gasteiger partial charge in [0.05, 0.1) is 0 Å². The van der Waals surface area contributed by atoms with E-state index in [9.17, 15) is 0 Å². The molecule has 86 valence electrons. The standard InChI is InChI=1S/C12H12ClNS.ClH/c1-8-2-5-12(15-8)10-6-9(7-14)3-4-11(10)13;/h2-6H,7,14H2,1H3;1H. The van der Waals surface area contributed by atoms with E-state index in [2.05, 4.69) is 25.1 Å². The molecule has 0 radical (unpaired) electrons. The monoisotopic (exact) mass is 273 g/mol. The van der Waals surface area contributed by atoms with E-state index in [-0.39, 0.29) is 12.4 Å². The van der Waals surface area contributed by atoms with Crippen molar-refractivity contribution in [3.05, 3.63) is 45.8 Å². The molecule has 0 aliphatic carbocycles. The maximum atomic E-state index is 6.16. The molecule has 0 aliphatic heterocycles. The zero-order valence-electron chi connectivity index (χ0n) is 8.87. The first kappa shape index (κ1) is 13.5. The Kier molecular flexibility index (Phi) is 4.81. The van der Waals surface area contributed by atoms with Gasteiger partial charge in [-0.3, -0.25) is 0 Å². The normalized spacial score (nSPS) is 9.94. The van der Waals surface area contributed by atoms with Gasteiger partial charge < -0.3 is 5.73 Å². The van der Waals surface area contributed by atoms with E-state index in [0.29, 0.717) is 6.54 Å². The molecule has 0 fully saturated rings. The topological polar surface area (TPSA) is 26.0 Å². The van der Waals surface area contributed by atoms with Crippen LogP contribution in [-0.4, -0.2) is 0 Å². The van der Waals surface area contributed by atoms with Crippen LogP contribution < -0.4 is 5.73 Å². The molecule has 0 amide bonds. The largest absolute Gasteiger partial charge is 0.326 e. The van der Waals surface area contributed by atoms with Gasteiger partial charge in [0.15, 0.2) is 0 Å². The minimum Gasteiger partial charge on any atom is -0.326 e. The number of halogens is 2. The molecule has 0 bridgehead atoms. The number of hydrogen-bond acceptors (Lipinski definition) is 2. The highest BCUT2D eigenvalue weighted by Crippen LogP contribution is 2.33. The van der Waals surface area contributed by atoms with Gasteiger partial charge in [0.1, 0.15) is 0 Å². The Morgan fingerprint density at radius 2 is 2.00 bits per heavy atom. The fourth-order valence-corrected chi connectivity index (χ4v) is 2.64. The van der Waals surface area contributed by atoms with Gasteiger partial charge in [-0.15, -0.1) is 23.7 Å². The summed E-state index contributed by atoms with van der Waals surface area (Å²) in [5, 5.41) is 0.786. The van der Waals surface area contributed by atoms with Crippen LogP contribution in [0.15, 0.2) is 30.3 Å². The average molecular weight is 274 g/mol. The Labute approximate surface area is 111 Å². The van der Waals surface area contributed by atoms with Gasteiger partial charge >= 0.3 is 0 Å². The molecule has 0 spiro atoms. The molecule has 1 heterocycles. The molecule has 2 rings (SSSR count). The van der Waals surface area contributed by atoms with Gasteiger partial charge in [-0.1, -0.05) is 17.7 Å². The highest BCUT2D eigenvalue weighted by Gasteiger charge is 2.06. The van der Waals surface area contributed by atoms with E-state index in [4.69, 9.17) is 17.3 Å². The molecule has 0 saturated heterocycles. The molecule has 4 heteroatoms. The van der Waals surface area contributed by atoms with E-state index in [1.54, 1.807) is 11.3 Å². The molecule has 16 heavy (non-hydrogen) atoms. The van der Waals surface area contributed by atoms with Crippen LogP contribution in [0.2, 0.25) is 5.02 Å². The maximum Gasteiger partial charge on any atom is 0.0492 e. The van der Waals surface area contributed by atoms with Gasteiger partial charge in [-0.25, -0.2) is 0 Å². The van der Waals surface area contributed by atoms with E-state index >= 15 is 0 Å². The van der Waals surface area contributed by atoms with Crippen molar-refractivity contribution in [1.29, 1.82) is 0 Å². The van der Waals surface area contributed by atoms with E-state index in [1.807, 2.05) is 12.1 Å². The van der Waals surface area contributed by atoms with Crippen molar-refractivity contribution in [2.45, 2.75) is 13.5 Å². The highest BCUT2D eigenvalue weighted by molar-refractivity contribution is 7.15. The third-order valence-electron chi connectivity index (χ3n) is 2.27. The Morgan fingerprint density at radius 3 is 2.56 bits per heavy atom. The maximum absolute atomic E-state index is 6.16. The number of rotatable bonds is 2.